The number of esters is 1. The highest BCUT2D eigenvalue weighted by atomic mass is 16.6. The van der Waals surface area contributed by atoms with E-state index >= 15 is 0 Å². The summed E-state index contributed by atoms with van der Waals surface area (Å²) >= 11 is 0. The Hall–Kier alpha value is -4.59. The molecule has 274 valence electrons. The fourth-order valence-electron chi connectivity index (χ4n) is 5.14. The van der Waals surface area contributed by atoms with E-state index in [1.54, 1.807) is 6.92 Å². The highest BCUT2D eigenvalue weighted by Crippen LogP contribution is 2.29. The summed E-state index contributed by atoms with van der Waals surface area (Å²) in [6.07, 6.45) is 2.88. The van der Waals surface area contributed by atoms with E-state index < -0.39 is 53.9 Å². The van der Waals surface area contributed by atoms with Gasteiger partial charge in [-0.15, -0.1) is 0 Å². The molecule has 4 N–H and O–H groups in total. The van der Waals surface area contributed by atoms with Gasteiger partial charge in [0.25, 0.3) is 0 Å². The van der Waals surface area contributed by atoms with E-state index in [1.807, 2.05) is 58.0 Å². The molecule has 4 unspecified atom stereocenters. The van der Waals surface area contributed by atoms with E-state index in [0.29, 0.717) is 43.9 Å². The number of carbonyl (C=O) groups is 6. The van der Waals surface area contributed by atoms with Crippen LogP contribution >= 0.6 is 0 Å². The van der Waals surface area contributed by atoms with Crippen LogP contribution in [-0.4, -0.2) is 77.4 Å². The van der Waals surface area contributed by atoms with Crippen molar-refractivity contribution in [3.05, 3.63) is 53.4 Å². The van der Waals surface area contributed by atoms with Crippen LogP contribution in [0, 0.1) is 5.92 Å². The maximum Gasteiger partial charge on any atom is 0.306 e. The smallest absolute Gasteiger partial charge is 0.306 e. The number of hydrogen-bond acceptors (Lipinski definition) is 10. The number of ketones is 1. The molecule has 50 heavy (non-hydrogen) atoms. The van der Waals surface area contributed by atoms with Crippen LogP contribution in [0.25, 0.3) is 0 Å². The monoisotopic (exact) mass is 697 g/mol. The lowest BCUT2D eigenvalue weighted by molar-refractivity contribution is -0.145. The molecule has 3 rings (SSSR count). The van der Waals surface area contributed by atoms with Crippen LogP contribution in [0.1, 0.15) is 90.2 Å². The summed E-state index contributed by atoms with van der Waals surface area (Å²) in [5, 5.41) is 14.6. The molecule has 4 amide bonds. The second-order valence-corrected chi connectivity index (χ2v) is 13.2. The van der Waals surface area contributed by atoms with Crippen molar-refractivity contribution < 1.29 is 42.8 Å². The zero-order valence-corrected chi connectivity index (χ0v) is 29.7. The Morgan fingerprint density at radius 2 is 1.56 bits per heavy atom. The standard InChI is InChI=1S/C36H51N5O9/c1-6-11-28(38-31(43)20-37-30(42)19-25-18-26(50-41-25)21-48-32(44)12-7-2)34(46)40-29(17-24-13-9-8-10-14-24)35(47)39-27(16-15-23(3)4)33(45)36(5)22-49-36/h8-10,13-14,18,23,27-29H,6-7,11-12,15-17,19-22H2,1-5H3,(H,37,42)(H,38,43)(H,39,47)(H,40,46). The van der Waals surface area contributed by atoms with E-state index in [1.165, 1.54) is 6.07 Å². The normalized spacial score (nSPS) is 16.8. The van der Waals surface area contributed by atoms with Gasteiger partial charge in [-0.1, -0.05) is 69.6 Å². The Morgan fingerprint density at radius 1 is 0.880 bits per heavy atom. The first kappa shape index (κ1) is 39.8. The van der Waals surface area contributed by atoms with E-state index in [4.69, 9.17) is 14.0 Å². The molecule has 0 bridgehead atoms. The number of hydrogen-bond donors (Lipinski definition) is 4. The maximum absolute atomic E-state index is 13.7. The van der Waals surface area contributed by atoms with E-state index in [9.17, 15) is 28.8 Å². The topological polar surface area (TPSA) is 198 Å². The van der Waals surface area contributed by atoms with Gasteiger partial charge in [0.2, 0.25) is 23.6 Å². The molecule has 14 heteroatoms. The van der Waals surface area contributed by atoms with Crippen molar-refractivity contribution in [2.45, 2.75) is 116 Å². The van der Waals surface area contributed by atoms with Crippen LogP contribution < -0.4 is 21.3 Å². The predicted molar refractivity (Wildman–Crippen MR) is 182 cm³/mol. The first-order valence-electron chi connectivity index (χ1n) is 17.3. The number of benzene rings is 1. The van der Waals surface area contributed by atoms with Crippen LogP contribution in [0.15, 0.2) is 40.9 Å². The average Bonchev–Trinajstić information content (AvgIpc) is 3.68. The van der Waals surface area contributed by atoms with Crippen molar-refractivity contribution in [3.63, 3.8) is 0 Å². The minimum atomic E-state index is -1.04. The molecule has 4 atom stereocenters. The van der Waals surface area contributed by atoms with Crippen LogP contribution in [0.2, 0.25) is 0 Å². The van der Waals surface area contributed by atoms with Crippen molar-refractivity contribution in [2.75, 3.05) is 13.2 Å². The molecule has 0 spiro atoms. The summed E-state index contributed by atoms with van der Waals surface area (Å²) < 4.78 is 15.5. The molecule has 0 aliphatic carbocycles. The molecule has 1 aromatic heterocycles. The number of ether oxygens (including phenoxy) is 2. The van der Waals surface area contributed by atoms with Crippen LogP contribution in [0.5, 0.6) is 0 Å². The summed E-state index contributed by atoms with van der Waals surface area (Å²) in [5.74, 6) is -2.17. The summed E-state index contributed by atoms with van der Waals surface area (Å²) in [4.78, 5) is 77.4. The predicted octanol–water partition coefficient (Wildman–Crippen LogP) is 2.47. The Labute approximate surface area is 293 Å². The van der Waals surface area contributed by atoms with Gasteiger partial charge in [0.15, 0.2) is 18.2 Å². The van der Waals surface area contributed by atoms with Gasteiger partial charge < -0.3 is 35.3 Å². The van der Waals surface area contributed by atoms with Crippen molar-refractivity contribution in [1.29, 1.82) is 0 Å². The molecular weight excluding hydrogens is 646 g/mol. The van der Waals surface area contributed by atoms with Gasteiger partial charge in [-0.3, -0.25) is 28.8 Å². The van der Waals surface area contributed by atoms with Crippen molar-refractivity contribution >= 4 is 35.4 Å². The van der Waals surface area contributed by atoms with E-state index in [-0.39, 0.29) is 49.8 Å². The number of rotatable bonds is 22. The van der Waals surface area contributed by atoms with Gasteiger partial charge in [0.05, 0.1) is 31.3 Å². The molecular formula is C36H51N5O9. The summed E-state index contributed by atoms with van der Waals surface area (Å²) in [5.41, 5.74) is 0.162. The number of amides is 4. The quantitative estimate of drug-likeness (QED) is 0.105. The molecule has 1 aliphatic heterocycles. The third-order valence-electron chi connectivity index (χ3n) is 8.13. The van der Waals surface area contributed by atoms with Crippen molar-refractivity contribution in [3.8, 4) is 0 Å². The van der Waals surface area contributed by atoms with Gasteiger partial charge >= 0.3 is 5.97 Å². The minimum absolute atomic E-state index is 0.101. The van der Waals surface area contributed by atoms with Gasteiger partial charge in [-0.05, 0) is 44.1 Å². The Balaban J connectivity index is 1.60. The molecule has 0 radical (unpaired) electrons. The summed E-state index contributed by atoms with van der Waals surface area (Å²) in [7, 11) is 0. The number of carbonyl (C=O) groups excluding carboxylic acids is 6. The highest BCUT2D eigenvalue weighted by Gasteiger charge is 2.50. The molecule has 14 nitrogen and oxygen atoms in total. The van der Waals surface area contributed by atoms with E-state index in [0.717, 1.165) is 5.56 Å². The second-order valence-electron chi connectivity index (χ2n) is 13.2. The Kier molecular flexibility index (Phi) is 15.6. The number of aromatic nitrogens is 1. The fraction of sp³-hybridized carbons (Fsp3) is 0.583. The molecule has 1 aromatic carbocycles. The van der Waals surface area contributed by atoms with Crippen molar-refractivity contribution in [2.24, 2.45) is 5.92 Å². The molecule has 1 aliphatic rings. The van der Waals surface area contributed by atoms with Crippen LogP contribution in [-0.2, 0) is 57.7 Å². The van der Waals surface area contributed by atoms with E-state index in [2.05, 4.69) is 26.4 Å². The molecule has 1 saturated heterocycles. The van der Waals surface area contributed by atoms with Crippen LogP contribution in [0.4, 0.5) is 0 Å². The Bertz CT molecular complexity index is 1450. The average molecular weight is 698 g/mol. The zero-order valence-electron chi connectivity index (χ0n) is 29.7. The lowest BCUT2D eigenvalue weighted by Gasteiger charge is -2.26. The molecule has 0 saturated carbocycles. The Morgan fingerprint density at radius 3 is 2.20 bits per heavy atom. The lowest BCUT2D eigenvalue weighted by Crippen LogP contribution is -2.57. The molecule has 2 heterocycles. The first-order chi connectivity index (χ1) is 23.8. The summed E-state index contributed by atoms with van der Waals surface area (Å²) in [6.45, 7) is 9.27. The SMILES string of the molecule is CCCC(=O)OCc1cc(CC(=O)NCC(=O)NC(CCC)C(=O)NC(Cc2ccccc2)C(=O)NC(CCC(C)C)C(=O)C2(C)CO2)no1. The lowest BCUT2D eigenvalue weighted by atomic mass is 9.93. The zero-order chi connectivity index (χ0) is 36.7. The maximum atomic E-state index is 13.7. The molecule has 1 fully saturated rings. The number of epoxide rings is 1. The fourth-order valence-corrected chi connectivity index (χ4v) is 5.14. The minimum Gasteiger partial charge on any atom is -0.457 e. The van der Waals surface area contributed by atoms with Crippen LogP contribution in [0.3, 0.4) is 0 Å². The second kappa shape index (κ2) is 19.6. The number of Topliss-reactive ketones (excluding diaryl/α,β-unsaturated/α-hetero) is 1. The van der Waals surface area contributed by atoms with Gasteiger partial charge in [-0.2, -0.15) is 0 Å². The molecule has 2 aromatic rings. The van der Waals surface area contributed by atoms with Gasteiger partial charge in [0, 0.05) is 18.9 Å². The highest BCUT2D eigenvalue weighted by molar-refractivity contribution is 5.98. The largest absolute Gasteiger partial charge is 0.457 e. The number of nitrogens with one attached hydrogen (secondary N) is 4. The summed E-state index contributed by atoms with van der Waals surface area (Å²) in [6, 6.07) is 7.86. The number of nitrogens with zero attached hydrogens (tertiary/aromatic N) is 1. The van der Waals surface area contributed by atoms with Crippen molar-refractivity contribution in [1.82, 2.24) is 26.4 Å². The van der Waals surface area contributed by atoms with Gasteiger partial charge in [-0.25, -0.2) is 0 Å². The van der Waals surface area contributed by atoms with Gasteiger partial charge in [0.1, 0.15) is 17.7 Å². The third kappa shape index (κ3) is 13.4. The third-order valence-corrected chi connectivity index (χ3v) is 8.13. The first-order valence-corrected chi connectivity index (χ1v) is 17.3.